The van der Waals surface area contributed by atoms with Crippen LogP contribution in [0.2, 0.25) is 0 Å². The summed E-state index contributed by atoms with van der Waals surface area (Å²) < 4.78 is 25.1. The molecular formula is C16H23N3O4S. The smallest absolute Gasteiger partial charge is 0.227 e. The van der Waals surface area contributed by atoms with Gasteiger partial charge in [0.05, 0.1) is 5.75 Å². The maximum Gasteiger partial charge on any atom is 0.227 e. The molecular weight excluding hydrogens is 330 g/mol. The van der Waals surface area contributed by atoms with Gasteiger partial charge in [0.1, 0.15) is 0 Å². The van der Waals surface area contributed by atoms with Crippen LogP contribution in [0.1, 0.15) is 26.7 Å². The van der Waals surface area contributed by atoms with Gasteiger partial charge in [0, 0.05) is 37.3 Å². The number of nitrogens with zero attached hydrogens (tertiary/aromatic N) is 1. The number of carbonyl (C=O) groups is 2. The molecule has 1 fully saturated rings. The molecule has 1 heterocycles. The molecule has 1 aromatic carbocycles. The molecule has 7 nitrogen and oxygen atoms in total. The van der Waals surface area contributed by atoms with Crippen LogP contribution in [0.25, 0.3) is 0 Å². The van der Waals surface area contributed by atoms with Gasteiger partial charge in [0.2, 0.25) is 21.8 Å². The third-order valence-corrected chi connectivity index (χ3v) is 5.91. The number of sulfonamides is 1. The van der Waals surface area contributed by atoms with Crippen LogP contribution in [0.3, 0.4) is 0 Å². The van der Waals surface area contributed by atoms with E-state index in [-0.39, 0.29) is 23.5 Å². The molecule has 0 spiro atoms. The van der Waals surface area contributed by atoms with Gasteiger partial charge in [-0.1, -0.05) is 6.07 Å². The van der Waals surface area contributed by atoms with Crippen LogP contribution in [-0.2, 0) is 19.6 Å². The lowest BCUT2D eigenvalue weighted by atomic mass is 9.97. The lowest BCUT2D eigenvalue weighted by molar-refractivity contribution is -0.121. The number of anilines is 2. The maximum atomic E-state index is 12.4. The second-order valence-electron chi connectivity index (χ2n) is 5.83. The molecule has 24 heavy (non-hydrogen) atoms. The van der Waals surface area contributed by atoms with Gasteiger partial charge in [-0.3, -0.25) is 9.59 Å². The van der Waals surface area contributed by atoms with Crippen LogP contribution in [0.15, 0.2) is 24.3 Å². The number of hydrogen-bond acceptors (Lipinski definition) is 4. The van der Waals surface area contributed by atoms with Crippen molar-refractivity contribution < 1.29 is 18.0 Å². The summed E-state index contributed by atoms with van der Waals surface area (Å²) in [5, 5.41) is 5.50. The molecule has 1 aliphatic rings. The summed E-state index contributed by atoms with van der Waals surface area (Å²) in [5.41, 5.74) is 1.22. The number of amides is 2. The molecule has 1 aromatic rings. The minimum Gasteiger partial charge on any atom is -0.326 e. The number of piperidine rings is 1. The largest absolute Gasteiger partial charge is 0.326 e. The molecule has 2 N–H and O–H groups in total. The molecule has 0 atom stereocenters. The van der Waals surface area contributed by atoms with Gasteiger partial charge in [0.25, 0.3) is 0 Å². The van der Waals surface area contributed by atoms with Gasteiger partial charge in [-0.15, -0.1) is 0 Å². The van der Waals surface area contributed by atoms with Crippen LogP contribution in [0.4, 0.5) is 11.4 Å². The second-order valence-corrected chi connectivity index (χ2v) is 8.08. The molecule has 1 aliphatic heterocycles. The van der Waals surface area contributed by atoms with Crippen molar-refractivity contribution in [3.63, 3.8) is 0 Å². The third kappa shape index (κ3) is 4.78. The van der Waals surface area contributed by atoms with Crippen LogP contribution in [0, 0.1) is 5.92 Å². The van der Waals surface area contributed by atoms with E-state index < -0.39 is 10.0 Å². The standard InChI is InChI=1S/C16H23N3O4S/c1-3-24(22,23)19-9-7-13(8-10-19)16(21)18-15-6-4-5-14(11-15)17-12(2)20/h4-6,11,13H,3,7-10H2,1-2H3,(H,17,20)(H,18,21). The monoisotopic (exact) mass is 353 g/mol. The molecule has 1 saturated heterocycles. The Bertz CT molecular complexity index is 710. The normalized spacial score (nSPS) is 16.6. The van der Waals surface area contributed by atoms with Crippen molar-refractivity contribution in [2.75, 3.05) is 29.5 Å². The summed E-state index contributed by atoms with van der Waals surface area (Å²) in [6.07, 6.45) is 1.02. The lowest BCUT2D eigenvalue weighted by Crippen LogP contribution is -2.42. The zero-order valence-corrected chi connectivity index (χ0v) is 14.7. The van der Waals surface area contributed by atoms with E-state index in [4.69, 9.17) is 0 Å². The molecule has 0 radical (unpaired) electrons. The molecule has 2 amide bonds. The third-order valence-electron chi connectivity index (χ3n) is 4.03. The van der Waals surface area contributed by atoms with Crippen molar-refractivity contribution in [2.24, 2.45) is 5.92 Å². The highest BCUT2D eigenvalue weighted by molar-refractivity contribution is 7.89. The van der Waals surface area contributed by atoms with Crippen LogP contribution < -0.4 is 10.6 Å². The number of benzene rings is 1. The van der Waals surface area contributed by atoms with E-state index in [1.165, 1.54) is 11.2 Å². The Balaban J connectivity index is 1.93. The van der Waals surface area contributed by atoms with Gasteiger partial charge >= 0.3 is 0 Å². The fourth-order valence-electron chi connectivity index (χ4n) is 2.70. The van der Waals surface area contributed by atoms with E-state index in [2.05, 4.69) is 10.6 Å². The van der Waals surface area contributed by atoms with E-state index in [0.717, 1.165) is 0 Å². The molecule has 2 rings (SSSR count). The Kier molecular flexibility index (Phi) is 5.95. The van der Waals surface area contributed by atoms with Crippen molar-refractivity contribution in [1.29, 1.82) is 0 Å². The summed E-state index contributed by atoms with van der Waals surface area (Å²) in [6.45, 7) is 3.79. The molecule has 0 unspecified atom stereocenters. The zero-order valence-electron chi connectivity index (χ0n) is 13.9. The maximum absolute atomic E-state index is 12.4. The Morgan fingerprint density at radius 2 is 1.75 bits per heavy atom. The van der Waals surface area contributed by atoms with E-state index in [9.17, 15) is 18.0 Å². The Labute approximate surface area is 142 Å². The lowest BCUT2D eigenvalue weighted by Gasteiger charge is -2.30. The predicted molar refractivity (Wildman–Crippen MR) is 93.1 cm³/mol. The van der Waals surface area contributed by atoms with Crippen LogP contribution in [0.5, 0.6) is 0 Å². The van der Waals surface area contributed by atoms with E-state index in [0.29, 0.717) is 37.3 Å². The minimum atomic E-state index is -3.19. The summed E-state index contributed by atoms with van der Waals surface area (Å²) in [6, 6.07) is 6.93. The molecule has 8 heteroatoms. The first-order chi connectivity index (χ1) is 11.3. The van der Waals surface area contributed by atoms with Gasteiger partial charge in [-0.25, -0.2) is 12.7 Å². The number of rotatable bonds is 5. The van der Waals surface area contributed by atoms with E-state index in [1.54, 1.807) is 31.2 Å². The summed E-state index contributed by atoms with van der Waals surface area (Å²) in [5.74, 6) is -0.427. The Morgan fingerprint density at radius 1 is 1.17 bits per heavy atom. The highest BCUT2D eigenvalue weighted by atomic mass is 32.2. The van der Waals surface area contributed by atoms with Gasteiger partial charge in [-0.05, 0) is 38.0 Å². The fraction of sp³-hybridized carbons (Fsp3) is 0.500. The number of nitrogens with one attached hydrogen (secondary N) is 2. The van der Waals surface area contributed by atoms with Crippen LogP contribution in [-0.4, -0.2) is 43.4 Å². The first kappa shape index (κ1) is 18.4. The van der Waals surface area contributed by atoms with Crippen molar-refractivity contribution >= 4 is 33.2 Å². The second kappa shape index (κ2) is 7.76. The first-order valence-corrected chi connectivity index (χ1v) is 9.59. The van der Waals surface area contributed by atoms with Gasteiger partial charge < -0.3 is 10.6 Å². The highest BCUT2D eigenvalue weighted by Crippen LogP contribution is 2.22. The van der Waals surface area contributed by atoms with Crippen molar-refractivity contribution in [2.45, 2.75) is 26.7 Å². The average molecular weight is 353 g/mol. The summed E-state index contributed by atoms with van der Waals surface area (Å²) >= 11 is 0. The van der Waals surface area contributed by atoms with E-state index in [1.807, 2.05) is 0 Å². The molecule has 0 aliphatic carbocycles. The minimum absolute atomic E-state index is 0.0831. The summed E-state index contributed by atoms with van der Waals surface area (Å²) in [4.78, 5) is 23.4. The molecule has 0 aromatic heterocycles. The van der Waals surface area contributed by atoms with Gasteiger partial charge in [-0.2, -0.15) is 0 Å². The summed E-state index contributed by atoms with van der Waals surface area (Å²) in [7, 11) is -3.19. The van der Waals surface area contributed by atoms with Crippen LogP contribution >= 0.6 is 0 Å². The topological polar surface area (TPSA) is 95.6 Å². The van der Waals surface area contributed by atoms with Crippen molar-refractivity contribution in [3.8, 4) is 0 Å². The molecule has 132 valence electrons. The van der Waals surface area contributed by atoms with Gasteiger partial charge in [0.15, 0.2) is 0 Å². The first-order valence-electron chi connectivity index (χ1n) is 7.98. The average Bonchev–Trinajstić information content (AvgIpc) is 2.54. The Hall–Kier alpha value is -1.93. The highest BCUT2D eigenvalue weighted by Gasteiger charge is 2.30. The van der Waals surface area contributed by atoms with E-state index >= 15 is 0 Å². The SMILES string of the molecule is CCS(=O)(=O)N1CCC(C(=O)Nc2cccc(NC(C)=O)c2)CC1. The zero-order chi connectivity index (χ0) is 17.7. The number of hydrogen-bond donors (Lipinski definition) is 2. The quantitative estimate of drug-likeness (QED) is 0.841. The molecule has 0 bridgehead atoms. The Morgan fingerprint density at radius 3 is 2.29 bits per heavy atom. The van der Waals surface area contributed by atoms with Crippen molar-refractivity contribution in [1.82, 2.24) is 4.31 Å². The molecule has 0 saturated carbocycles. The predicted octanol–water partition coefficient (Wildman–Crippen LogP) is 1.65. The number of carbonyl (C=O) groups excluding carboxylic acids is 2. The van der Waals surface area contributed by atoms with Crippen molar-refractivity contribution in [3.05, 3.63) is 24.3 Å². The fourth-order valence-corrected chi connectivity index (χ4v) is 3.83.